The Morgan fingerprint density at radius 2 is 1.56 bits per heavy atom. The Balaban J connectivity index is 0.000000294. The maximum absolute atomic E-state index is 11.8. The van der Waals surface area contributed by atoms with Gasteiger partial charge in [-0.25, -0.2) is 4.98 Å². The zero-order chi connectivity index (χ0) is 27.8. The molecule has 1 heterocycles. The van der Waals surface area contributed by atoms with Crippen LogP contribution in [-0.4, -0.2) is 15.9 Å². The van der Waals surface area contributed by atoms with Crippen LogP contribution in [0.25, 0.3) is 21.9 Å². The molecule has 5 heteroatoms. The van der Waals surface area contributed by atoms with Gasteiger partial charge in [-0.3, -0.25) is 4.79 Å². The molecule has 0 amide bonds. The summed E-state index contributed by atoms with van der Waals surface area (Å²) in [5.74, 6) is 1.46. The molecule has 1 aromatic heterocycles. The van der Waals surface area contributed by atoms with E-state index < -0.39 is 0 Å². The Morgan fingerprint density at radius 3 is 2.18 bits per heavy atom. The van der Waals surface area contributed by atoms with E-state index in [1.807, 2.05) is 90.1 Å². The number of aromatic nitrogens is 1. The zero-order valence-electron chi connectivity index (χ0n) is 23.6. The third-order valence-corrected chi connectivity index (χ3v) is 7.12. The van der Waals surface area contributed by atoms with Crippen LogP contribution in [0.15, 0.2) is 96.9 Å². The molecule has 0 aliphatic carbocycles. The molecular weight excluding hydrogens is 663 g/mol. The molecule has 0 saturated heterocycles. The van der Waals surface area contributed by atoms with E-state index in [9.17, 15) is 9.90 Å². The first-order valence-electron chi connectivity index (χ1n) is 13.1. The van der Waals surface area contributed by atoms with Gasteiger partial charge in [-0.2, -0.15) is 18.2 Å². The number of ketones is 1. The molecule has 3 aromatic carbocycles. The molecule has 4 rings (SSSR count). The number of benzene rings is 3. The second kappa shape index (κ2) is 14.2. The van der Waals surface area contributed by atoms with Crippen LogP contribution in [-0.2, 0) is 24.9 Å². The third-order valence-electron chi connectivity index (χ3n) is 7.12. The van der Waals surface area contributed by atoms with E-state index in [2.05, 4.69) is 41.4 Å². The standard InChI is InChI=1S/C21H14NO.C13H24O2.Ir/c1-3-7-16(8-4-1)18-12-11-17-13-14-22-21(20(17)15-18)23-19-9-5-2-6-10-19;1-7-12(3,4)10(14)9-11(15)13(5,6)8-2;/h1-9,11-15H;9,14H,7-8H2,1-6H3;/q-1;;/b;10-9-;. The SMILES string of the molecule is CCC(C)(C)C(=O)/C=C(\O)C(C)(C)CC.[Ir].[c-]1ccccc1Oc1nccc2ccc(-c3ccccc3)cc12. The topological polar surface area (TPSA) is 59.4 Å². The van der Waals surface area contributed by atoms with Gasteiger partial charge in [-0.05, 0) is 41.5 Å². The van der Waals surface area contributed by atoms with Crippen molar-refractivity contribution in [1.29, 1.82) is 0 Å². The van der Waals surface area contributed by atoms with Gasteiger partial charge in [0.05, 0.1) is 0 Å². The monoisotopic (exact) mass is 701 g/mol. The fourth-order valence-electron chi connectivity index (χ4n) is 3.45. The fraction of sp³-hybridized carbons (Fsp3) is 0.294. The van der Waals surface area contributed by atoms with Crippen molar-refractivity contribution in [3.8, 4) is 22.8 Å². The van der Waals surface area contributed by atoms with Gasteiger partial charge < -0.3 is 9.84 Å². The van der Waals surface area contributed by atoms with Crippen molar-refractivity contribution in [2.75, 3.05) is 0 Å². The van der Waals surface area contributed by atoms with Crippen molar-refractivity contribution < 1.29 is 34.7 Å². The Labute approximate surface area is 246 Å². The molecule has 0 aliphatic rings. The van der Waals surface area contributed by atoms with Gasteiger partial charge in [-0.1, -0.05) is 84.0 Å². The van der Waals surface area contributed by atoms with Crippen LogP contribution < -0.4 is 4.74 Å². The summed E-state index contributed by atoms with van der Waals surface area (Å²) in [6.07, 6.45) is 4.76. The van der Waals surface area contributed by atoms with Crippen molar-refractivity contribution in [1.82, 2.24) is 4.98 Å². The number of nitrogens with zero attached hydrogens (tertiary/aromatic N) is 1. The van der Waals surface area contributed by atoms with Crippen LogP contribution in [0.3, 0.4) is 0 Å². The quantitative estimate of drug-likeness (QED) is 0.113. The summed E-state index contributed by atoms with van der Waals surface area (Å²) >= 11 is 0. The minimum atomic E-state index is -0.377. The van der Waals surface area contributed by atoms with Crippen LogP contribution in [0.2, 0.25) is 0 Å². The van der Waals surface area contributed by atoms with Crippen molar-refractivity contribution >= 4 is 16.6 Å². The zero-order valence-corrected chi connectivity index (χ0v) is 26.0. The van der Waals surface area contributed by atoms with Crippen molar-refractivity contribution in [3.05, 3.63) is 103 Å². The van der Waals surface area contributed by atoms with E-state index in [-0.39, 0.29) is 42.5 Å². The van der Waals surface area contributed by atoms with E-state index in [1.54, 1.807) is 6.20 Å². The molecular formula is C34H38IrNO3-. The molecule has 0 atom stereocenters. The van der Waals surface area contributed by atoms with E-state index in [0.717, 1.165) is 29.2 Å². The summed E-state index contributed by atoms with van der Waals surface area (Å²) in [7, 11) is 0. The molecule has 0 saturated carbocycles. The number of aliphatic hydroxyl groups excluding tert-OH is 1. The Bertz CT molecular complexity index is 1380. The van der Waals surface area contributed by atoms with Crippen LogP contribution >= 0.6 is 0 Å². The van der Waals surface area contributed by atoms with Crippen LogP contribution in [0.5, 0.6) is 11.6 Å². The molecule has 0 fully saturated rings. The first-order valence-corrected chi connectivity index (χ1v) is 13.1. The number of pyridine rings is 1. The molecule has 4 nitrogen and oxygen atoms in total. The van der Waals surface area contributed by atoms with Gasteiger partial charge in [0.2, 0.25) is 5.88 Å². The van der Waals surface area contributed by atoms with Crippen LogP contribution in [0, 0.1) is 16.9 Å². The second-order valence-electron chi connectivity index (χ2n) is 10.6. The van der Waals surface area contributed by atoms with Gasteiger partial charge in [0.1, 0.15) is 5.76 Å². The summed E-state index contributed by atoms with van der Waals surface area (Å²) in [5.41, 5.74) is 1.64. The van der Waals surface area contributed by atoms with Gasteiger partial charge in [0, 0.05) is 54.3 Å². The molecule has 0 unspecified atom stereocenters. The Hall–Kier alpha value is -3.27. The molecule has 39 heavy (non-hydrogen) atoms. The van der Waals surface area contributed by atoms with Crippen molar-refractivity contribution in [3.63, 3.8) is 0 Å². The van der Waals surface area contributed by atoms with Gasteiger partial charge in [-0.15, -0.1) is 12.1 Å². The normalized spacial score (nSPS) is 11.7. The number of hydrogen-bond donors (Lipinski definition) is 1. The number of fused-ring (bicyclic) bond motifs is 1. The molecule has 0 bridgehead atoms. The number of allylic oxidation sites excluding steroid dienone is 2. The average molecular weight is 701 g/mol. The van der Waals surface area contributed by atoms with E-state index in [0.29, 0.717) is 11.6 Å². The average Bonchev–Trinajstić information content (AvgIpc) is 2.94. The number of carbonyl (C=O) groups excluding carboxylic acids is 1. The summed E-state index contributed by atoms with van der Waals surface area (Å²) in [6, 6.07) is 29.2. The number of rotatable bonds is 8. The van der Waals surface area contributed by atoms with Crippen molar-refractivity contribution in [2.24, 2.45) is 10.8 Å². The summed E-state index contributed by atoms with van der Waals surface area (Å²) in [5, 5.41) is 11.9. The molecule has 0 aliphatic heterocycles. The summed E-state index contributed by atoms with van der Waals surface area (Å²) in [6.45, 7) is 11.7. The molecule has 1 N–H and O–H groups in total. The minimum Gasteiger partial charge on any atom is -0.512 e. The predicted molar refractivity (Wildman–Crippen MR) is 156 cm³/mol. The largest absolute Gasteiger partial charge is 0.512 e. The first kappa shape index (κ1) is 31.9. The molecule has 207 valence electrons. The Kier molecular flexibility index (Phi) is 11.6. The summed E-state index contributed by atoms with van der Waals surface area (Å²) in [4.78, 5) is 16.2. The fourth-order valence-corrected chi connectivity index (χ4v) is 3.45. The first-order chi connectivity index (χ1) is 18.1. The number of hydrogen-bond acceptors (Lipinski definition) is 4. The Morgan fingerprint density at radius 1 is 0.897 bits per heavy atom. The number of aliphatic hydroxyl groups is 1. The number of ether oxygens (including phenoxy) is 1. The number of para-hydroxylation sites is 1. The predicted octanol–water partition coefficient (Wildman–Crippen LogP) is 9.36. The van der Waals surface area contributed by atoms with E-state index in [4.69, 9.17) is 4.74 Å². The maximum Gasteiger partial charge on any atom is 0.224 e. The van der Waals surface area contributed by atoms with E-state index in [1.165, 1.54) is 11.6 Å². The molecule has 4 aromatic rings. The summed E-state index contributed by atoms with van der Waals surface area (Å²) < 4.78 is 5.92. The second-order valence-corrected chi connectivity index (χ2v) is 10.6. The van der Waals surface area contributed by atoms with E-state index >= 15 is 0 Å². The minimum absolute atomic E-state index is 0. The van der Waals surface area contributed by atoms with Crippen LogP contribution in [0.4, 0.5) is 0 Å². The third kappa shape index (κ3) is 8.61. The maximum atomic E-state index is 11.8. The molecule has 0 spiro atoms. The van der Waals surface area contributed by atoms with Crippen LogP contribution in [0.1, 0.15) is 54.4 Å². The van der Waals surface area contributed by atoms with Gasteiger partial charge >= 0.3 is 0 Å². The smallest absolute Gasteiger partial charge is 0.224 e. The molecule has 1 radical (unpaired) electrons. The number of carbonyl (C=O) groups is 1. The van der Waals surface area contributed by atoms with Crippen molar-refractivity contribution in [2.45, 2.75) is 54.4 Å². The van der Waals surface area contributed by atoms with Gasteiger partial charge in [0.25, 0.3) is 0 Å². The van der Waals surface area contributed by atoms with Gasteiger partial charge in [0.15, 0.2) is 5.78 Å².